The smallest absolute Gasteiger partial charge is 0.338 e. The van der Waals surface area contributed by atoms with E-state index in [2.05, 4.69) is 10.3 Å². The average molecular weight is 284 g/mol. The maximum Gasteiger partial charge on any atom is 0.338 e. The number of hydrogen-bond acceptors (Lipinski definition) is 4. The molecule has 0 fully saturated rings. The molecule has 0 atom stereocenters. The van der Waals surface area contributed by atoms with Crippen LogP contribution in [0.5, 0.6) is 0 Å². The van der Waals surface area contributed by atoms with Gasteiger partial charge in [-0.2, -0.15) is 0 Å². The number of ether oxygens (including phenoxy) is 1. The molecule has 4 heteroatoms. The van der Waals surface area contributed by atoms with Crippen molar-refractivity contribution in [1.29, 1.82) is 0 Å². The summed E-state index contributed by atoms with van der Waals surface area (Å²) in [6.45, 7) is 5.10. The molecule has 0 radical (unpaired) electrons. The van der Waals surface area contributed by atoms with E-state index in [1.807, 2.05) is 44.3 Å². The second kappa shape index (κ2) is 7.43. The molecule has 1 N–H and O–H groups in total. The second-order valence-corrected chi connectivity index (χ2v) is 4.89. The van der Waals surface area contributed by atoms with Crippen LogP contribution in [-0.2, 0) is 11.3 Å². The molecular formula is C17H20N2O2. The molecule has 4 nitrogen and oxygen atoms in total. The van der Waals surface area contributed by atoms with E-state index in [-0.39, 0.29) is 5.97 Å². The molecule has 0 aliphatic carbocycles. The number of nitrogens with zero attached hydrogens (tertiary/aromatic N) is 1. The standard InChI is InChI=1S/C17H20N2O2/c1-3-10-21-17(20)14-5-8-15(9-6-14)19-12-16-7-4-13(2)11-18-16/h4-9,11,19H,3,10,12H2,1-2H3. The van der Waals surface area contributed by atoms with Crippen LogP contribution in [0.4, 0.5) is 5.69 Å². The van der Waals surface area contributed by atoms with E-state index >= 15 is 0 Å². The first-order chi connectivity index (χ1) is 10.2. The Labute approximate surface area is 125 Å². The molecule has 1 heterocycles. The van der Waals surface area contributed by atoms with Crippen LogP contribution in [0, 0.1) is 6.92 Å². The predicted octanol–water partition coefficient (Wildman–Crippen LogP) is 3.57. The van der Waals surface area contributed by atoms with Gasteiger partial charge in [-0.1, -0.05) is 13.0 Å². The Bertz CT molecular complexity index is 577. The number of benzene rings is 1. The predicted molar refractivity (Wildman–Crippen MR) is 83.3 cm³/mol. The van der Waals surface area contributed by atoms with E-state index in [0.29, 0.717) is 18.7 Å². The maximum absolute atomic E-state index is 11.7. The lowest BCUT2D eigenvalue weighted by molar-refractivity contribution is 0.0505. The first kappa shape index (κ1) is 15.0. The Morgan fingerprint density at radius 1 is 1.19 bits per heavy atom. The molecule has 1 aromatic heterocycles. The van der Waals surface area contributed by atoms with Gasteiger partial charge in [0.05, 0.1) is 24.4 Å². The summed E-state index contributed by atoms with van der Waals surface area (Å²) < 4.78 is 5.09. The van der Waals surface area contributed by atoms with Gasteiger partial charge in [-0.15, -0.1) is 0 Å². The van der Waals surface area contributed by atoms with Crippen LogP contribution in [-0.4, -0.2) is 17.6 Å². The summed E-state index contributed by atoms with van der Waals surface area (Å²) in [5.41, 5.74) is 3.65. The van der Waals surface area contributed by atoms with E-state index < -0.39 is 0 Å². The van der Waals surface area contributed by atoms with Gasteiger partial charge in [-0.05, 0) is 49.2 Å². The molecule has 0 amide bonds. The fourth-order valence-corrected chi connectivity index (χ4v) is 1.80. The molecule has 1 aromatic carbocycles. The highest BCUT2D eigenvalue weighted by molar-refractivity contribution is 5.89. The lowest BCUT2D eigenvalue weighted by Crippen LogP contribution is -2.06. The molecule has 21 heavy (non-hydrogen) atoms. The second-order valence-electron chi connectivity index (χ2n) is 4.89. The molecule has 2 rings (SSSR count). The molecular weight excluding hydrogens is 264 g/mol. The molecule has 0 aliphatic rings. The van der Waals surface area contributed by atoms with Crippen molar-refractivity contribution in [3.8, 4) is 0 Å². The highest BCUT2D eigenvalue weighted by Crippen LogP contribution is 2.12. The van der Waals surface area contributed by atoms with Gasteiger partial charge in [0.25, 0.3) is 0 Å². The molecule has 0 saturated heterocycles. The minimum atomic E-state index is -0.274. The van der Waals surface area contributed by atoms with Crippen LogP contribution in [0.25, 0.3) is 0 Å². The zero-order valence-corrected chi connectivity index (χ0v) is 12.4. The van der Waals surface area contributed by atoms with Gasteiger partial charge in [-0.3, -0.25) is 4.98 Å². The summed E-state index contributed by atoms with van der Waals surface area (Å²) in [5.74, 6) is -0.274. The summed E-state index contributed by atoms with van der Waals surface area (Å²) >= 11 is 0. The lowest BCUT2D eigenvalue weighted by Gasteiger charge is -2.07. The third-order valence-electron chi connectivity index (χ3n) is 3.00. The van der Waals surface area contributed by atoms with Crippen LogP contribution in [0.3, 0.4) is 0 Å². The highest BCUT2D eigenvalue weighted by atomic mass is 16.5. The normalized spacial score (nSPS) is 10.2. The third-order valence-corrected chi connectivity index (χ3v) is 3.00. The maximum atomic E-state index is 11.7. The topological polar surface area (TPSA) is 51.2 Å². The Morgan fingerprint density at radius 3 is 2.57 bits per heavy atom. The van der Waals surface area contributed by atoms with Gasteiger partial charge in [-0.25, -0.2) is 4.79 Å². The summed E-state index contributed by atoms with van der Waals surface area (Å²) in [6, 6.07) is 11.3. The number of rotatable bonds is 6. The molecule has 2 aromatic rings. The van der Waals surface area contributed by atoms with Crippen molar-refractivity contribution in [3.05, 3.63) is 59.4 Å². The van der Waals surface area contributed by atoms with Gasteiger partial charge in [0.2, 0.25) is 0 Å². The number of pyridine rings is 1. The Balaban J connectivity index is 1.90. The van der Waals surface area contributed by atoms with Crippen molar-refractivity contribution in [3.63, 3.8) is 0 Å². The fourth-order valence-electron chi connectivity index (χ4n) is 1.80. The minimum Gasteiger partial charge on any atom is -0.462 e. The Hall–Kier alpha value is -2.36. The SMILES string of the molecule is CCCOC(=O)c1ccc(NCc2ccc(C)cn2)cc1. The average Bonchev–Trinajstić information content (AvgIpc) is 2.52. The molecule has 0 bridgehead atoms. The summed E-state index contributed by atoms with van der Waals surface area (Å²) in [7, 11) is 0. The van der Waals surface area contributed by atoms with Crippen molar-refractivity contribution in [2.45, 2.75) is 26.8 Å². The summed E-state index contributed by atoms with van der Waals surface area (Å²) in [6.07, 6.45) is 2.68. The van der Waals surface area contributed by atoms with Crippen LogP contribution in [0.1, 0.15) is 35.0 Å². The summed E-state index contributed by atoms with van der Waals surface area (Å²) in [4.78, 5) is 16.0. The van der Waals surface area contributed by atoms with E-state index in [1.165, 1.54) is 0 Å². The zero-order valence-electron chi connectivity index (χ0n) is 12.4. The Morgan fingerprint density at radius 2 is 1.95 bits per heavy atom. The number of nitrogens with one attached hydrogen (secondary N) is 1. The molecule has 0 aliphatic heterocycles. The van der Waals surface area contributed by atoms with Crippen LogP contribution in [0.15, 0.2) is 42.6 Å². The number of aromatic nitrogens is 1. The monoisotopic (exact) mass is 284 g/mol. The van der Waals surface area contributed by atoms with Crippen LogP contribution < -0.4 is 5.32 Å². The molecule has 0 spiro atoms. The molecule has 0 unspecified atom stereocenters. The molecule has 0 saturated carbocycles. The van der Waals surface area contributed by atoms with E-state index in [9.17, 15) is 4.79 Å². The van der Waals surface area contributed by atoms with E-state index in [0.717, 1.165) is 23.4 Å². The number of aryl methyl sites for hydroxylation is 1. The first-order valence-corrected chi connectivity index (χ1v) is 7.11. The third kappa shape index (κ3) is 4.60. The van der Waals surface area contributed by atoms with Gasteiger partial charge in [0.1, 0.15) is 0 Å². The van der Waals surface area contributed by atoms with Crippen molar-refractivity contribution in [2.24, 2.45) is 0 Å². The van der Waals surface area contributed by atoms with Gasteiger partial charge < -0.3 is 10.1 Å². The highest BCUT2D eigenvalue weighted by Gasteiger charge is 2.06. The zero-order chi connectivity index (χ0) is 15.1. The lowest BCUT2D eigenvalue weighted by atomic mass is 10.2. The quantitative estimate of drug-likeness (QED) is 0.824. The van der Waals surface area contributed by atoms with Gasteiger partial charge >= 0.3 is 5.97 Å². The molecule has 110 valence electrons. The van der Waals surface area contributed by atoms with Crippen molar-refractivity contribution in [1.82, 2.24) is 4.98 Å². The van der Waals surface area contributed by atoms with Gasteiger partial charge in [0, 0.05) is 11.9 Å². The number of carbonyl (C=O) groups is 1. The fraction of sp³-hybridized carbons (Fsp3) is 0.294. The number of esters is 1. The van der Waals surface area contributed by atoms with E-state index in [1.54, 1.807) is 12.1 Å². The van der Waals surface area contributed by atoms with Crippen molar-refractivity contribution in [2.75, 3.05) is 11.9 Å². The Kier molecular flexibility index (Phi) is 5.32. The van der Waals surface area contributed by atoms with Crippen LogP contribution >= 0.6 is 0 Å². The largest absolute Gasteiger partial charge is 0.462 e. The first-order valence-electron chi connectivity index (χ1n) is 7.11. The summed E-state index contributed by atoms with van der Waals surface area (Å²) in [5, 5.41) is 3.28. The number of carbonyl (C=O) groups excluding carboxylic acids is 1. The van der Waals surface area contributed by atoms with E-state index in [4.69, 9.17) is 4.74 Å². The minimum absolute atomic E-state index is 0.274. The number of anilines is 1. The van der Waals surface area contributed by atoms with Crippen LogP contribution in [0.2, 0.25) is 0 Å². The van der Waals surface area contributed by atoms with Crippen molar-refractivity contribution >= 4 is 11.7 Å². The van der Waals surface area contributed by atoms with Gasteiger partial charge in [0.15, 0.2) is 0 Å². The number of hydrogen-bond donors (Lipinski definition) is 1. The van der Waals surface area contributed by atoms with Crippen molar-refractivity contribution < 1.29 is 9.53 Å².